The Morgan fingerprint density at radius 1 is 0.927 bits per heavy atom. The minimum atomic E-state index is -4.01. The Balaban J connectivity index is 1.75. The van der Waals surface area contributed by atoms with E-state index < -0.39 is 78.5 Å². The molecule has 0 radical (unpaired) electrons. The molecule has 0 aromatic heterocycles. The number of ketones is 1. The molecule has 1 fully saturated rings. The number of alkyl halides is 4. The lowest BCUT2D eigenvalue weighted by Gasteiger charge is -2.27. The van der Waals surface area contributed by atoms with E-state index in [-0.39, 0.29) is 18.0 Å². The van der Waals surface area contributed by atoms with E-state index in [2.05, 4.69) is 20.7 Å². The molecule has 1 saturated carbocycles. The number of carbonyl (C=O) groups excluding carboxylic acids is 3. The molecule has 0 bridgehead atoms. The van der Waals surface area contributed by atoms with Crippen LogP contribution in [0.2, 0.25) is 0 Å². The summed E-state index contributed by atoms with van der Waals surface area (Å²) >= 11 is 0. The van der Waals surface area contributed by atoms with Crippen LogP contribution < -0.4 is 20.7 Å². The summed E-state index contributed by atoms with van der Waals surface area (Å²) in [6.45, 7) is 0.273. The van der Waals surface area contributed by atoms with Gasteiger partial charge in [0.05, 0.1) is 12.1 Å². The van der Waals surface area contributed by atoms with E-state index in [1.54, 1.807) is 6.92 Å². The zero-order valence-electron chi connectivity index (χ0n) is 22.2. The smallest absolute Gasteiger partial charge is 0.410 e. The maximum Gasteiger partial charge on any atom is 0.410 e. The standard InChI is InChI=1S/C28H31F6N3O4/c1-2-3-22(24(38)26(40)36-20-10-11-20)37-25(39)23(15-27(31,32)14-17-4-6-18(29)7-5-17)35-16-28(33,34)41-21-12-8-19(30)9-13-21/h4-9,12-13,20,22-23,35H,2-3,10-11,14-16H2,1H3,(H,36,40)(H,37,39)/t22-,23-/m0/s1. The SMILES string of the molecule is CCC[C@H](NC(=O)[C@H](CC(F)(F)Cc1ccc(F)cc1)NCC(F)(F)Oc1ccc(F)cc1)C(=O)C(=O)NC1CC1. The minimum absolute atomic E-state index is 0.00515. The zero-order chi connectivity index (χ0) is 30.2. The van der Waals surface area contributed by atoms with E-state index in [1.807, 2.05) is 0 Å². The number of benzene rings is 2. The second-order valence-electron chi connectivity index (χ2n) is 9.95. The molecule has 7 nitrogen and oxygen atoms in total. The predicted molar refractivity (Wildman–Crippen MR) is 136 cm³/mol. The Labute approximate surface area is 233 Å². The van der Waals surface area contributed by atoms with Gasteiger partial charge >= 0.3 is 6.11 Å². The van der Waals surface area contributed by atoms with E-state index >= 15 is 8.78 Å². The number of rotatable bonds is 16. The molecule has 0 unspecified atom stereocenters. The van der Waals surface area contributed by atoms with Crippen molar-refractivity contribution in [2.75, 3.05) is 6.54 Å². The van der Waals surface area contributed by atoms with Crippen molar-refractivity contribution in [2.45, 2.75) is 75.6 Å². The predicted octanol–water partition coefficient (Wildman–Crippen LogP) is 4.30. The molecule has 0 heterocycles. The first-order valence-electron chi connectivity index (χ1n) is 13.1. The molecule has 0 aliphatic heterocycles. The average molecular weight is 588 g/mol. The molecule has 2 atom stereocenters. The molecule has 2 aromatic rings. The lowest BCUT2D eigenvalue weighted by molar-refractivity contribution is -0.174. The Morgan fingerprint density at radius 3 is 2.07 bits per heavy atom. The molecule has 2 amide bonds. The highest BCUT2D eigenvalue weighted by Crippen LogP contribution is 2.27. The van der Waals surface area contributed by atoms with Crippen molar-refractivity contribution in [2.24, 2.45) is 0 Å². The summed E-state index contributed by atoms with van der Waals surface area (Å²) in [5, 5.41) is 6.84. The fourth-order valence-corrected chi connectivity index (χ4v) is 3.95. The third-order valence-electron chi connectivity index (χ3n) is 6.18. The molecule has 3 rings (SSSR count). The number of amides is 2. The molecule has 13 heteroatoms. The zero-order valence-corrected chi connectivity index (χ0v) is 22.2. The summed E-state index contributed by atoms with van der Waals surface area (Å²) in [7, 11) is 0. The van der Waals surface area contributed by atoms with Crippen LogP contribution in [0.3, 0.4) is 0 Å². The maximum atomic E-state index is 15.0. The molecular formula is C28H31F6N3O4. The first kappa shape index (κ1) is 31.9. The van der Waals surface area contributed by atoms with E-state index in [0.29, 0.717) is 19.3 Å². The summed E-state index contributed by atoms with van der Waals surface area (Å²) in [6.07, 6.45) is -4.46. The summed E-state index contributed by atoms with van der Waals surface area (Å²) in [4.78, 5) is 38.0. The molecule has 224 valence electrons. The van der Waals surface area contributed by atoms with Gasteiger partial charge < -0.3 is 15.4 Å². The Hall–Kier alpha value is -3.61. The van der Waals surface area contributed by atoms with Crippen LogP contribution in [0.5, 0.6) is 5.75 Å². The number of ether oxygens (including phenoxy) is 1. The summed E-state index contributed by atoms with van der Waals surface area (Å²) in [5.74, 6) is -8.49. The van der Waals surface area contributed by atoms with E-state index in [9.17, 15) is 31.9 Å². The summed E-state index contributed by atoms with van der Waals surface area (Å²) in [5.41, 5.74) is 0.0383. The van der Waals surface area contributed by atoms with E-state index in [1.165, 1.54) is 0 Å². The summed E-state index contributed by atoms with van der Waals surface area (Å²) in [6, 6.07) is 4.41. The van der Waals surface area contributed by atoms with Gasteiger partial charge in [0.2, 0.25) is 11.7 Å². The van der Waals surface area contributed by atoms with Crippen LogP contribution in [0.25, 0.3) is 0 Å². The lowest BCUT2D eigenvalue weighted by atomic mass is 9.99. The van der Waals surface area contributed by atoms with Gasteiger partial charge in [0.25, 0.3) is 11.8 Å². The second-order valence-corrected chi connectivity index (χ2v) is 9.95. The highest BCUT2D eigenvalue weighted by Gasteiger charge is 2.40. The minimum Gasteiger partial charge on any atom is -0.432 e. The van der Waals surface area contributed by atoms with Crippen LogP contribution in [-0.2, 0) is 20.8 Å². The van der Waals surface area contributed by atoms with Crippen molar-refractivity contribution in [3.63, 3.8) is 0 Å². The molecule has 2 aromatic carbocycles. The van der Waals surface area contributed by atoms with Crippen molar-refractivity contribution in [3.05, 3.63) is 65.7 Å². The van der Waals surface area contributed by atoms with Gasteiger partial charge in [-0.3, -0.25) is 19.7 Å². The summed E-state index contributed by atoms with van der Waals surface area (Å²) < 4.78 is 90.0. The fraction of sp³-hybridized carbons (Fsp3) is 0.464. The molecule has 1 aliphatic rings. The molecular weight excluding hydrogens is 556 g/mol. The lowest BCUT2D eigenvalue weighted by Crippen LogP contribution is -2.56. The van der Waals surface area contributed by atoms with Gasteiger partial charge in [0.15, 0.2) is 0 Å². The third-order valence-corrected chi connectivity index (χ3v) is 6.18. The number of nitrogens with one attached hydrogen (secondary N) is 3. The Bertz CT molecular complexity index is 1190. The topological polar surface area (TPSA) is 96.5 Å². The van der Waals surface area contributed by atoms with Crippen LogP contribution in [0.15, 0.2) is 48.5 Å². The largest absolute Gasteiger partial charge is 0.432 e. The Kier molecular flexibility index (Phi) is 10.8. The van der Waals surface area contributed by atoms with Gasteiger partial charge in [-0.15, -0.1) is 0 Å². The van der Waals surface area contributed by atoms with Gasteiger partial charge in [-0.1, -0.05) is 25.5 Å². The van der Waals surface area contributed by atoms with E-state index in [0.717, 1.165) is 48.5 Å². The Morgan fingerprint density at radius 2 is 1.51 bits per heavy atom. The molecule has 3 N–H and O–H groups in total. The number of hydrogen-bond acceptors (Lipinski definition) is 5. The third kappa shape index (κ3) is 10.7. The van der Waals surface area contributed by atoms with Crippen molar-refractivity contribution >= 4 is 17.6 Å². The van der Waals surface area contributed by atoms with E-state index in [4.69, 9.17) is 0 Å². The van der Waals surface area contributed by atoms with Crippen LogP contribution in [0, 0.1) is 11.6 Å². The number of Topliss-reactive ketones (excluding diaryl/α,β-unsaturated/α-hetero) is 1. The maximum absolute atomic E-state index is 15.0. The molecule has 0 saturated heterocycles. The normalized spacial score (nSPS) is 15.1. The molecule has 41 heavy (non-hydrogen) atoms. The molecule has 1 aliphatic carbocycles. The van der Waals surface area contributed by atoms with Gasteiger partial charge in [-0.05, 0) is 61.2 Å². The van der Waals surface area contributed by atoms with Gasteiger partial charge in [0.1, 0.15) is 23.9 Å². The second kappa shape index (κ2) is 13.8. The van der Waals surface area contributed by atoms with Crippen molar-refractivity contribution in [1.29, 1.82) is 0 Å². The number of hydrogen-bond donors (Lipinski definition) is 3. The van der Waals surface area contributed by atoms with Crippen LogP contribution in [0.1, 0.15) is 44.6 Å². The quantitative estimate of drug-likeness (QED) is 0.201. The first-order valence-corrected chi connectivity index (χ1v) is 13.1. The highest BCUT2D eigenvalue weighted by atomic mass is 19.3. The average Bonchev–Trinajstić information content (AvgIpc) is 3.72. The van der Waals surface area contributed by atoms with Gasteiger partial charge in [-0.25, -0.2) is 17.6 Å². The van der Waals surface area contributed by atoms with Crippen molar-refractivity contribution in [1.82, 2.24) is 16.0 Å². The van der Waals surface area contributed by atoms with Crippen LogP contribution in [0.4, 0.5) is 26.3 Å². The number of halogens is 6. The molecule has 0 spiro atoms. The first-order chi connectivity index (χ1) is 19.3. The van der Waals surface area contributed by atoms with Crippen molar-refractivity contribution < 1.29 is 45.5 Å². The van der Waals surface area contributed by atoms with Gasteiger partial charge in [-0.2, -0.15) is 8.78 Å². The highest BCUT2D eigenvalue weighted by molar-refractivity contribution is 6.38. The number of carbonyl (C=O) groups is 3. The van der Waals surface area contributed by atoms with Gasteiger partial charge in [0, 0.05) is 18.9 Å². The van der Waals surface area contributed by atoms with Crippen LogP contribution >= 0.6 is 0 Å². The van der Waals surface area contributed by atoms with Crippen LogP contribution in [-0.4, -0.2) is 54.3 Å². The monoisotopic (exact) mass is 587 g/mol. The van der Waals surface area contributed by atoms with Crippen molar-refractivity contribution in [3.8, 4) is 5.75 Å². The fourth-order valence-electron chi connectivity index (χ4n) is 3.95.